The van der Waals surface area contributed by atoms with Crippen molar-refractivity contribution in [2.24, 2.45) is 17.8 Å². The average molecular weight is 1550 g/mol. The van der Waals surface area contributed by atoms with E-state index >= 15 is 0 Å². The maximum Gasteiger partial charge on any atom is 0.472 e. The highest BCUT2D eigenvalue weighted by molar-refractivity contribution is 7.47. The number of phosphoric acid groups is 2. The molecule has 19 heteroatoms. The first kappa shape index (κ1) is 104. The van der Waals surface area contributed by atoms with Gasteiger partial charge in [-0.25, -0.2) is 9.13 Å². The summed E-state index contributed by atoms with van der Waals surface area (Å²) in [4.78, 5) is 73.3. The van der Waals surface area contributed by atoms with Crippen molar-refractivity contribution in [3.63, 3.8) is 0 Å². The molecule has 0 aromatic rings. The smallest absolute Gasteiger partial charge is 0.462 e. The number of ether oxygens (including phenoxy) is 4. The van der Waals surface area contributed by atoms with E-state index in [0.29, 0.717) is 25.7 Å². The minimum absolute atomic E-state index is 0.108. The Morgan fingerprint density at radius 3 is 0.717 bits per heavy atom. The Morgan fingerprint density at radius 2 is 0.481 bits per heavy atom. The average Bonchev–Trinajstić information content (AvgIpc) is 0.926. The molecular formula is C87H170O17P2. The molecule has 6 atom stereocenters. The highest BCUT2D eigenvalue weighted by Gasteiger charge is 2.31. The monoisotopic (exact) mass is 1550 g/mol. The number of esters is 4. The number of phosphoric ester groups is 2. The molecule has 0 bridgehead atoms. The van der Waals surface area contributed by atoms with Crippen LogP contribution in [0.1, 0.15) is 459 Å². The van der Waals surface area contributed by atoms with E-state index in [-0.39, 0.29) is 25.7 Å². The number of unbranched alkanes of at least 4 members (excludes halogenated alkanes) is 52. The summed E-state index contributed by atoms with van der Waals surface area (Å²) in [7, 11) is -9.93. The fraction of sp³-hybridized carbons (Fsp3) is 0.954. The van der Waals surface area contributed by atoms with Gasteiger partial charge in [0, 0.05) is 25.7 Å². The lowest BCUT2D eigenvalue weighted by atomic mass is 9.99. The summed E-state index contributed by atoms with van der Waals surface area (Å²) in [6, 6.07) is 0. The predicted molar refractivity (Wildman–Crippen MR) is 437 cm³/mol. The first-order valence-electron chi connectivity index (χ1n) is 44.9. The Balaban J connectivity index is 5.26. The standard InChI is InChI=1S/C87H170O17P2/c1-8-10-11-12-13-14-15-33-40-47-54-61-68-84(89)97-74-82(103-87(92)71-64-57-50-43-36-29-22-20-25-31-38-45-52-59-66-79(5)6)76-101-105(93,94)99-72-81(88)73-100-106(95,96)102-77-83(75-98-85(90)69-62-55-48-41-34-27-23-21-26-32-39-46-53-60-67-80(7)9-2)104-86(91)70-63-56-49-42-35-28-19-17-16-18-24-30-37-44-51-58-65-78(3)4/h78-83,88H,8-77H2,1-7H3,(H,93,94)(H,95,96)/t80?,81-,82+,83+/m0/s1. The van der Waals surface area contributed by atoms with Gasteiger partial charge in [-0.3, -0.25) is 37.3 Å². The highest BCUT2D eigenvalue weighted by Crippen LogP contribution is 2.45. The summed E-state index contributed by atoms with van der Waals surface area (Å²) < 4.78 is 69.0. The lowest BCUT2D eigenvalue weighted by Gasteiger charge is -2.21. The number of hydrogen-bond donors (Lipinski definition) is 3. The van der Waals surface area contributed by atoms with Crippen LogP contribution in [-0.2, 0) is 65.4 Å². The predicted octanol–water partition coefficient (Wildman–Crippen LogP) is 26.5. The molecule has 0 saturated carbocycles. The molecule has 0 aliphatic rings. The zero-order valence-corrected chi connectivity index (χ0v) is 71.7. The summed E-state index contributed by atoms with van der Waals surface area (Å²) >= 11 is 0. The Labute approximate surface area is 651 Å². The summed E-state index contributed by atoms with van der Waals surface area (Å²) in [5.41, 5.74) is 0. The van der Waals surface area contributed by atoms with Crippen molar-refractivity contribution < 1.29 is 80.2 Å². The van der Waals surface area contributed by atoms with Gasteiger partial charge < -0.3 is 33.8 Å². The second kappa shape index (κ2) is 77.0. The fourth-order valence-corrected chi connectivity index (χ4v) is 15.1. The highest BCUT2D eigenvalue weighted by atomic mass is 31.2. The molecule has 0 fully saturated rings. The van der Waals surface area contributed by atoms with Gasteiger partial charge in [-0.15, -0.1) is 0 Å². The number of rotatable bonds is 85. The molecule has 0 aromatic carbocycles. The summed E-state index contributed by atoms with van der Waals surface area (Å²) in [5.74, 6) is 0.354. The molecule has 0 radical (unpaired) electrons. The maximum absolute atomic E-state index is 13.2. The molecule has 0 amide bonds. The minimum Gasteiger partial charge on any atom is -0.462 e. The summed E-state index contributed by atoms with van der Waals surface area (Å²) in [5, 5.41) is 10.7. The van der Waals surface area contributed by atoms with Crippen molar-refractivity contribution in [2.45, 2.75) is 478 Å². The molecule has 630 valence electrons. The number of aliphatic hydroxyl groups is 1. The zero-order valence-electron chi connectivity index (χ0n) is 69.9. The van der Waals surface area contributed by atoms with Crippen LogP contribution in [0.4, 0.5) is 0 Å². The van der Waals surface area contributed by atoms with E-state index in [4.69, 9.17) is 37.0 Å². The number of carbonyl (C=O) groups excluding carboxylic acids is 4. The third-order valence-electron chi connectivity index (χ3n) is 20.7. The van der Waals surface area contributed by atoms with E-state index in [1.807, 2.05) is 0 Å². The molecule has 0 aliphatic carbocycles. The summed E-state index contributed by atoms with van der Waals surface area (Å²) in [6.07, 6.45) is 67.8. The van der Waals surface area contributed by atoms with Crippen molar-refractivity contribution in [3.8, 4) is 0 Å². The molecule has 3 unspecified atom stereocenters. The van der Waals surface area contributed by atoms with E-state index < -0.39 is 97.5 Å². The van der Waals surface area contributed by atoms with Gasteiger partial charge in [0.05, 0.1) is 26.4 Å². The molecule has 106 heavy (non-hydrogen) atoms. The number of hydrogen-bond acceptors (Lipinski definition) is 15. The minimum atomic E-state index is -4.97. The van der Waals surface area contributed by atoms with Gasteiger partial charge in [-0.2, -0.15) is 0 Å². The van der Waals surface area contributed by atoms with Crippen LogP contribution in [0.15, 0.2) is 0 Å². The van der Waals surface area contributed by atoms with Gasteiger partial charge in [-0.05, 0) is 43.4 Å². The van der Waals surface area contributed by atoms with Gasteiger partial charge >= 0.3 is 39.5 Å². The third-order valence-corrected chi connectivity index (χ3v) is 22.6. The second-order valence-corrected chi connectivity index (χ2v) is 35.4. The van der Waals surface area contributed by atoms with Gasteiger partial charge in [0.15, 0.2) is 12.2 Å². The molecule has 0 aliphatic heterocycles. The Kier molecular flexibility index (Phi) is 75.6. The largest absolute Gasteiger partial charge is 0.472 e. The van der Waals surface area contributed by atoms with Crippen molar-refractivity contribution >= 4 is 39.5 Å². The first-order chi connectivity index (χ1) is 51.3. The van der Waals surface area contributed by atoms with E-state index in [2.05, 4.69) is 48.5 Å². The van der Waals surface area contributed by atoms with Gasteiger partial charge in [0.25, 0.3) is 0 Å². The van der Waals surface area contributed by atoms with Crippen LogP contribution in [0.3, 0.4) is 0 Å². The van der Waals surface area contributed by atoms with Crippen molar-refractivity contribution in [1.29, 1.82) is 0 Å². The molecule has 0 rings (SSSR count). The topological polar surface area (TPSA) is 237 Å². The molecule has 0 heterocycles. The molecule has 0 aromatic heterocycles. The van der Waals surface area contributed by atoms with Crippen molar-refractivity contribution in [3.05, 3.63) is 0 Å². The van der Waals surface area contributed by atoms with Crippen LogP contribution < -0.4 is 0 Å². The molecular weight excluding hydrogens is 1380 g/mol. The van der Waals surface area contributed by atoms with Crippen LogP contribution in [-0.4, -0.2) is 96.7 Å². The van der Waals surface area contributed by atoms with E-state index in [9.17, 15) is 43.2 Å². The SMILES string of the molecule is CCCCCCCCCCCCCCC(=O)OC[C@H](COP(=O)(O)OC[C@H](O)COP(=O)(O)OC[C@@H](COC(=O)CCCCCCCCCCCCCCCCC(C)CC)OC(=O)CCCCCCCCCCCCCCCCCCC(C)C)OC(=O)CCCCCCCCCCCCCCCCC(C)C. The van der Waals surface area contributed by atoms with Gasteiger partial charge in [0.2, 0.25) is 0 Å². The van der Waals surface area contributed by atoms with Crippen LogP contribution in [0.5, 0.6) is 0 Å². The lowest BCUT2D eigenvalue weighted by Crippen LogP contribution is -2.30. The Hall–Kier alpha value is -1.94. The Morgan fingerprint density at radius 1 is 0.274 bits per heavy atom. The van der Waals surface area contributed by atoms with Crippen LogP contribution in [0.25, 0.3) is 0 Å². The molecule has 0 saturated heterocycles. The first-order valence-corrected chi connectivity index (χ1v) is 47.9. The fourth-order valence-electron chi connectivity index (χ4n) is 13.5. The molecule has 3 N–H and O–H groups in total. The number of aliphatic hydroxyl groups excluding tert-OH is 1. The summed E-state index contributed by atoms with van der Waals surface area (Å²) in [6.45, 7) is 12.1. The van der Waals surface area contributed by atoms with Crippen LogP contribution >= 0.6 is 15.6 Å². The van der Waals surface area contributed by atoms with Crippen LogP contribution in [0, 0.1) is 17.8 Å². The Bertz CT molecular complexity index is 2050. The third kappa shape index (κ3) is 78.7. The normalized spacial score (nSPS) is 14.1. The quantitative estimate of drug-likeness (QED) is 0.0222. The number of carbonyl (C=O) groups is 4. The zero-order chi connectivity index (χ0) is 77.9. The van der Waals surface area contributed by atoms with E-state index in [0.717, 1.165) is 108 Å². The van der Waals surface area contributed by atoms with Crippen molar-refractivity contribution in [2.75, 3.05) is 39.6 Å². The lowest BCUT2D eigenvalue weighted by molar-refractivity contribution is -0.161. The molecule has 0 spiro atoms. The molecule has 17 nitrogen and oxygen atoms in total. The van der Waals surface area contributed by atoms with E-state index in [1.54, 1.807) is 0 Å². The van der Waals surface area contributed by atoms with E-state index in [1.165, 1.54) is 270 Å². The van der Waals surface area contributed by atoms with Crippen molar-refractivity contribution in [1.82, 2.24) is 0 Å². The maximum atomic E-state index is 13.2. The van der Waals surface area contributed by atoms with Gasteiger partial charge in [-0.1, -0.05) is 408 Å². The second-order valence-electron chi connectivity index (χ2n) is 32.5. The van der Waals surface area contributed by atoms with Gasteiger partial charge in [0.1, 0.15) is 19.3 Å². The van der Waals surface area contributed by atoms with Crippen LogP contribution in [0.2, 0.25) is 0 Å².